The van der Waals surface area contributed by atoms with Crippen molar-refractivity contribution >= 4 is 33.2 Å². The number of carbonyl (C=O) groups excluding carboxylic acids is 1. The first-order chi connectivity index (χ1) is 12.3. The lowest BCUT2D eigenvalue weighted by Gasteiger charge is -2.13. The molecule has 0 spiro atoms. The highest BCUT2D eigenvalue weighted by molar-refractivity contribution is 7.89. The number of hydrogen-bond acceptors (Lipinski definition) is 5. The van der Waals surface area contributed by atoms with E-state index in [2.05, 4.69) is 10.0 Å². The van der Waals surface area contributed by atoms with Crippen molar-refractivity contribution in [2.75, 3.05) is 26.1 Å². The number of hydrogen-bond donors (Lipinski definition) is 2. The molecule has 0 aromatic heterocycles. The number of halogens is 1. The number of sulfonamides is 1. The van der Waals surface area contributed by atoms with Gasteiger partial charge in [-0.25, -0.2) is 13.1 Å². The smallest absolute Gasteiger partial charge is 0.241 e. The molecule has 0 heterocycles. The number of amides is 1. The van der Waals surface area contributed by atoms with Gasteiger partial charge in [-0.3, -0.25) is 4.79 Å². The largest absolute Gasteiger partial charge is 0.495 e. The van der Waals surface area contributed by atoms with Gasteiger partial charge in [-0.15, -0.1) is 0 Å². The summed E-state index contributed by atoms with van der Waals surface area (Å²) in [5.74, 6) is 0.109. The van der Waals surface area contributed by atoms with Crippen LogP contribution in [0.5, 0.6) is 11.5 Å². The van der Waals surface area contributed by atoms with Gasteiger partial charge in [0, 0.05) is 12.1 Å². The fraction of sp³-hybridized carbons (Fsp3) is 0.235. The zero-order valence-electron chi connectivity index (χ0n) is 14.5. The lowest BCUT2D eigenvalue weighted by atomic mass is 10.2. The number of benzene rings is 2. The van der Waals surface area contributed by atoms with Crippen molar-refractivity contribution in [3.05, 3.63) is 47.0 Å². The Balaban J connectivity index is 2.10. The molecule has 0 atom stereocenters. The van der Waals surface area contributed by atoms with Gasteiger partial charge in [-0.05, 0) is 24.6 Å². The Kier molecular flexibility index (Phi) is 6.47. The summed E-state index contributed by atoms with van der Waals surface area (Å²) in [6.45, 7) is 1.34. The second kappa shape index (κ2) is 8.39. The van der Waals surface area contributed by atoms with E-state index in [-0.39, 0.29) is 4.90 Å². The average Bonchev–Trinajstić information content (AvgIpc) is 2.61. The molecule has 2 rings (SSSR count). The van der Waals surface area contributed by atoms with Crippen molar-refractivity contribution in [3.8, 4) is 11.5 Å². The number of rotatable bonds is 7. The predicted molar refractivity (Wildman–Crippen MR) is 99.6 cm³/mol. The zero-order chi connectivity index (χ0) is 19.3. The number of anilines is 1. The van der Waals surface area contributed by atoms with E-state index in [0.29, 0.717) is 22.2 Å². The molecule has 2 aromatic carbocycles. The minimum Gasteiger partial charge on any atom is -0.495 e. The molecule has 0 unspecified atom stereocenters. The first-order valence-electron chi connectivity index (χ1n) is 7.54. The van der Waals surface area contributed by atoms with Crippen LogP contribution < -0.4 is 19.5 Å². The highest BCUT2D eigenvalue weighted by Gasteiger charge is 2.17. The molecule has 0 aliphatic carbocycles. The first kappa shape index (κ1) is 20.0. The summed E-state index contributed by atoms with van der Waals surface area (Å²) < 4.78 is 37.0. The molecule has 2 N–H and O–H groups in total. The molecule has 0 fully saturated rings. The molecule has 0 bridgehead atoms. The summed E-state index contributed by atoms with van der Waals surface area (Å²) in [7, 11) is -0.929. The molecular weight excluding hydrogens is 380 g/mol. The highest BCUT2D eigenvalue weighted by Crippen LogP contribution is 2.35. The molecule has 9 heteroatoms. The molecule has 0 saturated carbocycles. The van der Waals surface area contributed by atoms with Crippen LogP contribution in [-0.4, -0.2) is 35.1 Å². The maximum atomic E-state index is 12.3. The third-order valence-electron chi connectivity index (χ3n) is 3.47. The van der Waals surface area contributed by atoms with E-state index in [4.69, 9.17) is 21.1 Å². The van der Waals surface area contributed by atoms with Gasteiger partial charge in [0.1, 0.15) is 11.5 Å². The quantitative estimate of drug-likeness (QED) is 0.747. The van der Waals surface area contributed by atoms with Crippen LogP contribution in [0.25, 0.3) is 0 Å². The van der Waals surface area contributed by atoms with E-state index in [9.17, 15) is 13.2 Å². The van der Waals surface area contributed by atoms with Gasteiger partial charge in [0.15, 0.2) is 0 Å². The van der Waals surface area contributed by atoms with Gasteiger partial charge >= 0.3 is 0 Å². The molecular formula is C17H19ClN2O5S. The standard InChI is InChI=1S/C17H19ClN2O5S/c1-11-5-4-6-12(7-11)26(22,23)19-10-17(21)20-14-9-15(24-2)13(18)8-16(14)25-3/h4-9,19H,10H2,1-3H3,(H,20,21). The van der Waals surface area contributed by atoms with Gasteiger partial charge in [0.05, 0.1) is 36.4 Å². The normalized spacial score (nSPS) is 11.1. The van der Waals surface area contributed by atoms with E-state index >= 15 is 0 Å². The van der Waals surface area contributed by atoms with Gasteiger partial charge < -0.3 is 14.8 Å². The topological polar surface area (TPSA) is 93.7 Å². The monoisotopic (exact) mass is 398 g/mol. The van der Waals surface area contributed by atoms with Crippen LogP contribution in [-0.2, 0) is 14.8 Å². The molecule has 7 nitrogen and oxygen atoms in total. The lowest BCUT2D eigenvalue weighted by molar-refractivity contribution is -0.115. The van der Waals surface area contributed by atoms with Gasteiger partial charge in [0.2, 0.25) is 15.9 Å². The van der Waals surface area contributed by atoms with E-state index in [1.165, 1.54) is 38.5 Å². The highest BCUT2D eigenvalue weighted by atomic mass is 35.5. The van der Waals surface area contributed by atoms with Gasteiger partial charge in [0.25, 0.3) is 0 Å². The summed E-state index contributed by atoms with van der Waals surface area (Å²) in [6.07, 6.45) is 0. The molecule has 0 saturated heterocycles. The lowest BCUT2D eigenvalue weighted by Crippen LogP contribution is -2.33. The molecule has 0 aliphatic heterocycles. The molecule has 140 valence electrons. The third kappa shape index (κ3) is 4.87. The summed E-state index contributed by atoms with van der Waals surface area (Å²) in [6, 6.07) is 9.38. The summed E-state index contributed by atoms with van der Waals surface area (Å²) in [4.78, 5) is 12.2. The fourth-order valence-corrected chi connectivity index (χ4v) is 3.50. The minimum absolute atomic E-state index is 0.0936. The van der Waals surface area contributed by atoms with Crippen LogP contribution in [0.3, 0.4) is 0 Å². The molecule has 1 amide bonds. The van der Waals surface area contributed by atoms with Crippen LogP contribution in [0.2, 0.25) is 5.02 Å². The third-order valence-corrected chi connectivity index (χ3v) is 5.16. The number of ether oxygens (including phenoxy) is 2. The molecule has 0 aliphatic rings. The Labute approximate surface area is 157 Å². The minimum atomic E-state index is -3.79. The van der Waals surface area contributed by atoms with E-state index in [0.717, 1.165) is 5.56 Å². The van der Waals surface area contributed by atoms with Crippen LogP contribution >= 0.6 is 11.6 Å². The molecule has 2 aromatic rings. The first-order valence-corrected chi connectivity index (χ1v) is 9.40. The predicted octanol–water partition coefficient (Wildman–Crippen LogP) is 2.58. The number of carbonyl (C=O) groups is 1. The Morgan fingerprint density at radius 1 is 1.12 bits per heavy atom. The maximum Gasteiger partial charge on any atom is 0.241 e. The fourth-order valence-electron chi connectivity index (χ4n) is 2.18. The zero-order valence-corrected chi connectivity index (χ0v) is 16.1. The van der Waals surface area contributed by atoms with Crippen molar-refractivity contribution in [1.29, 1.82) is 0 Å². The summed E-state index contributed by atoms with van der Waals surface area (Å²) in [5.41, 5.74) is 1.11. The maximum absolute atomic E-state index is 12.3. The number of aryl methyl sites for hydroxylation is 1. The second-order valence-electron chi connectivity index (χ2n) is 5.38. The second-order valence-corrected chi connectivity index (χ2v) is 7.55. The number of nitrogens with one attached hydrogen (secondary N) is 2. The SMILES string of the molecule is COc1cc(NC(=O)CNS(=O)(=O)c2cccc(C)c2)c(OC)cc1Cl. The Morgan fingerprint density at radius 3 is 2.42 bits per heavy atom. The Morgan fingerprint density at radius 2 is 1.81 bits per heavy atom. The molecule has 0 radical (unpaired) electrons. The van der Waals surface area contributed by atoms with Crippen LogP contribution in [0.15, 0.2) is 41.3 Å². The van der Waals surface area contributed by atoms with Crippen molar-refractivity contribution in [2.24, 2.45) is 0 Å². The van der Waals surface area contributed by atoms with Crippen LogP contribution in [0.1, 0.15) is 5.56 Å². The van der Waals surface area contributed by atoms with E-state index in [1.807, 2.05) is 0 Å². The van der Waals surface area contributed by atoms with E-state index < -0.39 is 22.5 Å². The number of methoxy groups -OCH3 is 2. The Hall–Kier alpha value is -2.29. The van der Waals surface area contributed by atoms with Crippen molar-refractivity contribution < 1.29 is 22.7 Å². The molecule has 26 heavy (non-hydrogen) atoms. The van der Waals surface area contributed by atoms with Crippen molar-refractivity contribution in [3.63, 3.8) is 0 Å². The van der Waals surface area contributed by atoms with Crippen molar-refractivity contribution in [2.45, 2.75) is 11.8 Å². The van der Waals surface area contributed by atoms with Gasteiger partial charge in [-0.1, -0.05) is 23.7 Å². The average molecular weight is 399 g/mol. The van der Waals surface area contributed by atoms with Crippen LogP contribution in [0, 0.1) is 6.92 Å². The Bertz CT molecular complexity index is 915. The van der Waals surface area contributed by atoms with Crippen molar-refractivity contribution in [1.82, 2.24) is 4.72 Å². The van der Waals surface area contributed by atoms with Gasteiger partial charge in [-0.2, -0.15) is 0 Å². The van der Waals surface area contributed by atoms with Crippen LogP contribution in [0.4, 0.5) is 5.69 Å². The summed E-state index contributed by atoms with van der Waals surface area (Å²) in [5, 5.41) is 2.89. The van der Waals surface area contributed by atoms with E-state index in [1.54, 1.807) is 19.1 Å². The summed E-state index contributed by atoms with van der Waals surface area (Å²) >= 11 is 6.01.